The van der Waals surface area contributed by atoms with Gasteiger partial charge in [-0.15, -0.1) is 0 Å². The quantitative estimate of drug-likeness (QED) is 0.149. The topological polar surface area (TPSA) is 8.17 Å². The maximum atomic E-state index is 2.43. The van der Waals surface area contributed by atoms with E-state index in [2.05, 4.69) is 264 Å². The van der Waals surface area contributed by atoms with E-state index < -0.39 is 5.41 Å². The number of para-hydroxylation sites is 4. The molecule has 0 atom stereocenters. The van der Waals surface area contributed by atoms with E-state index >= 15 is 0 Å². The van der Waals surface area contributed by atoms with Crippen molar-refractivity contribution in [1.82, 2.24) is 4.57 Å². The van der Waals surface area contributed by atoms with Gasteiger partial charge in [0.05, 0.1) is 22.1 Å². The van der Waals surface area contributed by atoms with Crippen molar-refractivity contribution in [1.29, 1.82) is 0 Å². The van der Waals surface area contributed by atoms with E-state index in [4.69, 9.17) is 0 Å². The van der Waals surface area contributed by atoms with Crippen LogP contribution in [-0.4, -0.2) is 4.57 Å². The smallest absolute Gasteiger partial charge is 0.0713 e. The number of hydrogen-bond acceptors (Lipinski definition) is 1. The maximum Gasteiger partial charge on any atom is 0.0713 e. The summed E-state index contributed by atoms with van der Waals surface area (Å²) in [6.07, 6.45) is 0. The van der Waals surface area contributed by atoms with Gasteiger partial charge in [0.25, 0.3) is 0 Å². The zero-order valence-corrected chi connectivity index (χ0v) is 34.6. The molecule has 1 heterocycles. The summed E-state index contributed by atoms with van der Waals surface area (Å²) in [5.41, 5.74) is 18.7. The maximum absolute atomic E-state index is 2.43. The molecule has 2 heteroatoms. The normalized spacial score (nSPS) is 12.6. The standard InChI is InChI=1S/C61H42N2/c1-5-22-46(23-6-1)61(47-24-7-2-8-25-47)56-33-16-13-31-52(56)55-42-50(37-39-57(55)61)62(48-26-9-3-10-27-48)58-34-17-14-30-51(58)45-21-19-20-43(40-45)44-36-38-54-53-32-15-18-35-59(53)63(60(54)41-44)49-28-11-4-12-29-49/h1-42H. The third-order valence-corrected chi connectivity index (χ3v) is 13.1. The molecule has 0 fully saturated rings. The lowest BCUT2D eigenvalue weighted by molar-refractivity contribution is 0.768. The highest BCUT2D eigenvalue weighted by Gasteiger charge is 2.46. The van der Waals surface area contributed by atoms with Gasteiger partial charge in [-0.25, -0.2) is 0 Å². The van der Waals surface area contributed by atoms with Crippen LogP contribution in [0.1, 0.15) is 22.3 Å². The molecule has 0 bridgehead atoms. The van der Waals surface area contributed by atoms with E-state index in [9.17, 15) is 0 Å². The minimum atomic E-state index is -0.457. The summed E-state index contributed by atoms with van der Waals surface area (Å²) in [6, 6.07) is 93.2. The van der Waals surface area contributed by atoms with E-state index in [1.807, 2.05) is 0 Å². The summed E-state index contributed by atoms with van der Waals surface area (Å²) in [7, 11) is 0. The van der Waals surface area contributed by atoms with Crippen molar-refractivity contribution in [2.45, 2.75) is 5.41 Å². The van der Waals surface area contributed by atoms with Gasteiger partial charge < -0.3 is 9.47 Å². The van der Waals surface area contributed by atoms with Gasteiger partial charge in [-0.05, 0) is 111 Å². The van der Waals surface area contributed by atoms with Crippen molar-refractivity contribution in [3.05, 3.63) is 277 Å². The van der Waals surface area contributed by atoms with Gasteiger partial charge in [0.1, 0.15) is 0 Å². The molecular weight excluding hydrogens is 761 g/mol. The highest BCUT2D eigenvalue weighted by atomic mass is 15.1. The first kappa shape index (κ1) is 36.6. The Labute approximate surface area is 368 Å². The predicted molar refractivity (Wildman–Crippen MR) is 264 cm³/mol. The number of benzene rings is 10. The first-order valence-electron chi connectivity index (χ1n) is 21.8. The van der Waals surface area contributed by atoms with Crippen LogP contribution in [0.3, 0.4) is 0 Å². The Bertz CT molecular complexity index is 3400. The minimum Gasteiger partial charge on any atom is -0.310 e. The Morgan fingerprint density at radius 1 is 0.317 bits per heavy atom. The molecule has 296 valence electrons. The number of anilines is 3. The van der Waals surface area contributed by atoms with Crippen molar-refractivity contribution in [2.24, 2.45) is 0 Å². The third-order valence-electron chi connectivity index (χ3n) is 13.1. The van der Waals surface area contributed by atoms with Gasteiger partial charge >= 0.3 is 0 Å². The summed E-state index contributed by atoms with van der Waals surface area (Å²) >= 11 is 0. The number of fused-ring (bicyclic) bond motifs is 6. The SMILES string of the molecule is c1ccc(N(c2ccc3c(c2)-c2ccccc2C3(c2ccccc2)c2ccccc2)c2ccccc2-c2cccc(-c3ccc4c5ccccc5n(-c5ccccc5)c4c3)c2)cc1. The second kappa shape index (κ2) is 15.1. The van der Waals surface area contributed by atoms with Gasteiger partial charge in [0.2, 0.25) is 0 Å². The molecular formula is C61H42N2. The molecule has 63 heavy (non-hydrogen) atoms. The van der Waals surface area contributed by atoms with Gasteiger partial charge in [-0.1, -0.05) is 194 Å². The van der Waals surface area contributed by atoms with Crippen molar-refractivity contribution in [2.75, 3.05) is 4.90 Å². The third kappa shape index (κ3) is 5.87. The molecule has 11 aromatic rings. The second-order valence-corrected chi connectivity index (χ2v) is 16.4. The van der Waals surface area contributed by atoms with E-state index in [0.717, 1.165) is 33.9 Å². The molecule has 0 N–H and O–H groups in total. The summed E-state index contributed by atoms with van der Waals surface area (Å²) in [5, 5.41) is 2.51. The largest absolute Gasteiger partial charge is 0.310 e. The van der Waals surface area contributed by atoms with Crippen molar-refractivity contribution in [3.8, 4) is 39.1 Å². The van der Waals surface area contributed by atoms with Crippen LogP contribution in [0.2, 0.25) is 0 Å². The molecule has 0 radical (unpaired) electrons. The number of aromatic nitrogens is 1. The second-order valence-electron chi connectivity index (χ2n) is 16.4. The number of rotatable bonds is 8. The molecule has 0 unspecified atom stereocenters. The van der Waals surface area contributed by atoms with E-state index in [1.165, 1.54) is 66.3 Å². The fourth-order valence-corrected chi connectivity index (χ4v) is 10.4. The molecule has 0 saturated carbocycles. The molecule has 0 aliphatic heterocycles. The molecule has 0 amide bonds. The average Bonchev–Trinajstić information content (AvgIpc) is 3.86. The van der Waals surface area contributed by atoms with Crippen LogP contribution in [0.5, 0.6) is 0 Å². The van der Waals surface area contributed by atoms with E-state index in [1.54, 1.807) is 0 Å². The van der Waals surface area contributed by atoms with Gasteiger partial charge in [-0.3, -0.25) is 0 Å². The fourth-order valence-electron chi connectivity index (χ4n) is 10.4. The summed E-state index contributed by atoms with van der Waals surface area (Å²) in [6.45, 7) is 0. The Balaban J connectivity index is 1.02. The summed E-state index contributed by atoms with van der Waals surface area (Å²) in [5.74, 6) is 0. The van der Waals surface area contributed by atoms with E-state index in [0.29, 0.717) is 0 Å². The number of nitrogens with zero attached hydrogens (tertiary/aromatic N) is 2. The lowest BCUT2D eigenvalue weighted by Gasteiger charge is -2.34. The molecule has 1 aliphatic rings. The van der Waals surface area contributed by atoms with Crippen LogP contribution < -0.4 is 4.90 Å². The highest BCUT2D eigenvalue weighted by Crippen LogP contribution is 2.57. The zero-order chi connectivity index (χ0) is 41.7. The lowest BCUT2D eigenvalue weighted by Crippen LogP contribution is -2.28. The molecule has 10 aromatic carbocycles. The van der Waals surface area contributed by atoms with Crippen LogP contribution >= 0.6 is 0 Å². The van der Waals surface area contributed by atoms with Crippen LogP contribution in [-0.2, 0) is 5.41 Å². The van der Waals surface area contributed by atoms with Crippen LogP contribution in [0, 0.1) is 0 Å². The summed E-state index contributed by atoms with van der Waals surface area (Å²) < 4.78 is 2.39. The van der Waals surface area contributed by atoms with Crippen molar-refractivity contribution >= 4 is 38.9 Å². The Morgan fingerprint density at radius 2 is 0.889 bits per heavy atom. The Hall–Kier alpha value is -8.20. The Kier molecular flexibility index (Phi) is 8.76. The first-order valence-corrected chi connectivity index (χ1v) is 21.8. The van der Waals surface area contributed by atoms with Crippen LogP contribution in [0.25, 0.3) is 60.9 Å². The van der Waals surface area contributed by atoms with Crippen LogP contribution in [0.15, 0.2) is 255 Å². The van der Waals surface area contributed by atoms with Gasteiger partial charge in [0.15, 0.2) is 0 Å². The van der Waals surface area contributed by atoms with Crippen LogP contribution in [0.4, 0.5) is 17.1 Å². The van der Waals surface area contributed by atoms with Crippen molar-refractivity contribution in [3.63, 3.8) is 0 Å². The van der Waals surface area contributed by atoms with Gasteiger partial charge in [0, 0.05) is 33.4 Å². The minimum absolute atomic E-state index is 0.457. The zero-order valence-electron chi connectivity index (χ0n) is 34.6. The average molecular weight is 803 g/mol. The monoisotopic (exact) mass is 802 g/mol. The highest BCUT2D eigenvalue weighted by molar-refractivity contribution is 6.10. The lowest BCUT2D eigenvalue weighted by atomic mass is 9.68. The molecule has 1 aromatic heterocycles. The summed E-state index contributed by atoms with van der Waals surface area (Å²) in [4.78, 5) is 2.43. The fraction of sp³-hybridized carbons (Fsp3) is 0.0164. The molecule has 12 rings (SSSR count). The molecule has 0 spiro atoms. The van der Waals surface area contributed by atoms with E-state index in [-0.39, 0.29) is 0 Å². The molecule has 2 nitrogen and oxygen atoms in total. The Morgan fingerprint density at radius 3 is 1.65 bits per heavy atom. The van der Waals surface area contributed by atoms with Crippen molar-refractivity contribution < 1.29 is 0 Å². The molecule has 1 aliphatic carbocycles. The molecule has 0 saturated heterocycles. The van der Waals surface area contributed by atoms with Gasteiger partial charge in [-0.2, -0.15) is 0 Å². The first-order chi connectivity index (χ1) is 31.3. The predicted octanol–water partition coefficient (Wildman–Crippen LogP) is 16.0. The number of hydrogen-bond donors (Lipinski definition) is 0.